The van der Waals surface area contributed by atoms with E-state index in [1.54, 1.807) is 19.1 Å². The summed E-state index contributed by atoms with van der Waals surface area (Å²) in [5.41, 5.74) is -1.60. The van der Waals surface area contributed by atoms with Crippen molar-refractivity contribution in [2.24, 2.45) is 0 Å². The minimum atomic E-state index is -4.64. The maximum Gasteiger partial charge on any atom is 0.435 e. The van der Waals surface area contributed by atoms with Crippen LogP contribution in [-0.2, 0) is 23.1 Å². The summed E-state index contributed by atoms with van der Waals surface area (Å²) in [6.45, 7) is 1.63. The number of alkyl halides is 3. The molecule has 132 valence electrons. The first-order chi connectivity index (χ1) is 11.6. The Morgan fingerprint density at radius 2 is 2.08 bits per heavy atom. The average molecular weight is 355 g/mol. The van der Waals surface area contributed by atoms with Gasteiger partial charge in [0.2, 0.25) is 0 Å². The van der Waals surface area contributed by atoms with Crippen molar-refractivity contribution in [1.29, 1.82) is 0 Å². The van der Waals surface area contributed by atoms with Gasteiger partial charge in [0.15, 0.2) is 12.8 Å². The largest absolute Gasteiger partial charge is 0.435 e. The van der Waals surface area contributed by atoms with Gasteiger partial charge in [0, 0.05) is 18.2 Å². The summed E-state index contributed by atoms with van der Waals surface area (Å²) in [5.74, 6) is -0.673. The van der Waals surface area contributed by atoms with Crippen molar-refractivity contribution in [1.82, 2.24) is 15.1 Å². The number of hydrogen-bond acceptors (Lipinski definition) is 4. The average Bonchev–Trinajstić information content (AvgIpc) is 2.98. The van der Waals surface area contributed by atoms with Gasteiger partial charge in [-0.25, -0.2) is 4.84 Å². The van der Waals surface area contributed by atoms with Crippen LogP contribution in [0.5, 0.6) is 0 Å². The van der Waals surface area contributed by atoms with Gasteiger partial charge in [0.25, 0.3) is 10.8 Å². The molecule has 3 rings (SSSR count). The molecule has 0 fully saturated rings. The fraction of sp³-hybridized carbons (Fsp3) is 0.333. The molecule has 1 aliphatic heterocycles. The van der Waals surface area contributed by atoms with Crippen LogP contribution >= 0.6 is 0 Å². The molecule has 0 saturated heterocycles. The van der Waals surface area contributed by atoms with Crippen LogP contribution in [-0.4, -0.2) is 27.7 Å². The highest BCUT2D eigenvalue weighted by Crippen LogP contribution is 2.33. The zero-order valence-electron chi connectivity index (χ0n) is 13.3. The van der Waals surface area contributed by atoms with E-state index in [-0.39, 0.29) is 17.9 Å². The molecule has 1 atom stereocenters. The third-order valence-electron chi connectivity index (χ3n) is 4.02. The number of carbonyl (C=O) groups is 1. The number of nitrogens with zero attached hydrogens (tertiary/aromatic N) is 3. The van der Waals surface area contributed by atoms with E-state index in [0.717, 1.165) is 10.7 Å². The molecule has 1 amide bonds. The molecule has 25 heavy (non-hydrogen) atoms. The Hall–Kier alpha value is -2.91. The van der Waals surface area contributed by atoms with Crippen LogP contribution in [0.25, 0.3) is 0 Å². The second-order valence-corrected chi connectivity index (χ2v) is 5.85. The van der Waals surface area contributed by atoms with Crippen LogP contribution < -0.4 is 5.32 Å². The van der Waals surface area contributed by atoms with Gasteiger partial charge in [-0.1, -0.05) is 12.1 Å². The highest BCUT2D eigenvalue weighted by atomic mass is 19.4. The summed E-state index contributed by atoms with van der Waals surface area (Å²) in [6, 6.07) is 6.97. The molecule has 1 aromatic heterocycles. The molecular formula is C15H14F3N4O3+. The number of nitrogens with one attached hydrogen (secondary N) is 1. The lowest BCUT2D eigenvalue weighted by Gasteiger charge is -2.35. The molecule has 0 spiro atoms. The number of carbonyl (C=O) groups excluding carboxylic acids is 1. The number of rotatable bonds is 3. The van der Waals surface area contributed by atoms with E-state index in [1.807, 2.05) is 0 Å². The third kappa shape index (κ3) is 2.94. The van der Waals surface area contributed by atoms with Crippen molar-refractivity contribution in [3.05, 3.63) is 52.2 Å². The normalized spacial score (nSPS) is 20.0. The predicted octanol–water partition coefficient (Wildman–Crippen LogP) is 2.53. The highest BCUT2D eigenvalue weighted by Gasteiger charge is 2.41. The summed E-state index contributed by atoms with van der Waals surface area (Å²) in [7, 11) is 1.21. The number of halogens is 3. The lowest BCUT2D eigenvalue weighted by molar-refractivity contribution is -0.736. The summed E-state index contributed by atoms with van der Waals surface area (Å²) in [6.07, 6.45) is -4.64. The van der Waals surface area contributed by atoms with Crippen molar-refractivity contribution in [3.63, 3.8) is 0 Å². The zero-order chi connectivity index (χ0) is 18.4. The van der Waals surface area contributed by atoms with Crippen LogP contribution in [0.3, 0.4) is 0 Å². The Bertz CT molecular complexity index is 862. The Morgan fingerprint density at radius 3 is 2.72 bits per heavy atom. The number of aromatic nitrogens is 2. The van der Waals surface area contributed by atoms with Crippen molar-refractivity contribution in [3.8, 4) is 0 Å². The number of hydrogen-bond donors (Lipinski definition) is 1. The van der Waals surface area contributed by atoms with Gasteiger partial charge < -0.3 is 5.32 Å². The minimum Gasteiger partial charge on any atom is -0.340 e. The fourth-order valence-electron chi connectivity index (χ4n) is 2.74. The van der Waals surface area contributed by atoms with E-state index < -0.39 is 23.3 Å². The number of amides is 1. The zero-order valence-corrected chi connectivity index (χ0v) is 13.3. The summed E-state index contributed by atoms with van der Waals surface area (Å²) < 4.78 is 39.5. The van der Waals surface area contributed by atoms with Gasteiger partial charge in [-0.15, -0.1) is 0 Å². The van der Waals surface area contributed by atoms with Crippen LogP contribution in [0.15, 0.2) is 30.3 Å². The lowest BCUT2D eigenvalue weighted by atomic mass is 9.90. The molecule has 1 N–H and O–H groups in total. The monoisotopic (exact) mass is 355 g/mol. The van der Waals surface area contributed by atoms with E-state index in [1.165, 1.54) is 19.2 Å². The SMILES string of the molecule is CO[N+](=O)c1cccc(C2(C)Cn3nc(C(F)(F)F)cc3C(=O)N2)c1. The van der Waals surface area contributed by atoms with Gasteiger partial charge in [-0.05, 0) is 12.5 Å². The summed E-state index contributed by atoms with van der Waals surface area (Å²) in [4.78, 5) is 28.7. The van der Waals surface area contributed by atoms with E-state index in [2.05, 4.69) is 15.3 Å². The van der Waals surface area contributed by atoms with E-state index >= 15 is 0 Å². The van der Waals surface area contributed by atoms with Gasteiger partial charge in [0.1, 0.15) is 5.69 Å². The quantitative estimate of drug-likeness (QED) is 0.859. The minimum absolute atomic E-state index is 0.0144. The smallest absolute Gasteiger partial charge is 0.340 e. The molecule has 0 aliphatic carbocycles. The first kappa shape index (κ1) is 16.9. The van der Waals surface area contributed by atoms with Crippen molar-refractivity contribution < 1.29 is 27.7 Å². The Kier molecular flexibility index (Phi) is 3.77. The molecule has 1 aromatic carbocycles. The second-order valence-electron chi connectivity index (χ2n) is 5.85. The molecule has 2 aromatic rings. The van der Waals surface area contributed by atoms with Crippen molar-refractivity contribution in [2.45, 2.75) is 25.2 Å². The summed E-state index contributed by atoms with van der Waals surface area (Å²) >= 11 is 0. The topological polar surface area (TPSA) is 76.2 Å². The van der Waals surface area contributed by atoms with Crippen LogP contribution in [0.2, 0.25) is 0 Å². The third-order valence-corrected chi connectivity index (χ3v) is 4.02. The second kappa shape index (κ2) is 5.57. The molecule has 0 radical (unpaired) electrons. The molecule has 1 aliphatic rings. The standard InChI is InChI=1S/C15H13F3N4O3/c1-14(9-4-3-5-10(6-9)22(24)25-2)8-21-11(13(23)19-14)7-12(20-21)15(16,17)18/h3-7H,8H2,1-2H3/p+1. The molecule has 1 unspecified atom stereocenters. The lowest BCUT2D eigenvalue weighted by Crippen LogP contribution is -2.51. The number of fused-ring (bicyclic) bond motifs is 1. The van der Waals surface area contributed by atoms with Gasteiger partial charge in [-0.2, -0.15) is 18.3 Å². The Morgan fingerprint density at radius 1 is 1.36 bits per heavy atom. The van der Waals surface area contributed by atoms with E-state index in [4.69, 9.17) is 0 Å². The van der Waals surface area contributed by atoms with Gasteiger partial charge in [0.05, 0.1) is 17.0 Å². The van der Waals surface area contributed by atoms with Crippen molar-refractivity contribution >= 4 is 11.6 Å². The maximum atomic E-state index is 12.8. The Labute approximate surface area is 139 Å². The molecular weight excluding hydrogens is 341 g/mol. The molecule has 10 heteroatoms. The fourth-order valence-corrected chi connectivity index (χ4v) is 2.74. The first-order valence-corrected chi connectivity index (χ1v) is 7.23. The molecule has 2 heterocycles. The highest BCUT2D eigenvalue weighted by molar-refractivity contribution is 5.94. The van der Waals surface area contributed by atoms with Gasteiger partial charge >= 0.3 is 11.9 Å². The Balaban J connectivity index is 2.01. The maximum absolute atomic E-state index is 12.8. The predicted molar refractivity (Wildman–Crippen MR) is 78.8 cm³/mol. The van der Waals surface area contributed by atoms with Gasteiger partial charge in [-0.3, -0.25) is 9.48 Å². The van der Waals surface area contributed by atoms with Crippen LogP contribution in [0, 0.1) is 4.91 Å². The molecule has 0 saturated carbocycles. The van der Waals surface area contributed by atoms with Crippen molar-refractivity contribution in [2.75, 3.05) is 7.11 Å². The molecule has 7 nitrogen and oxygen atoms in total. The van der Waals surface area contributed by atoms with E-state index in [0.29, 0.717) is 10.5 Å². The molecule has 0 bridgehead atoms. The summed E-state index contributed by atoms with van der Waals surface area (Å²) in [5, 5.41) is 6.19. The first-order valence-electron chi connectivity index (χ1n) is 7.23. The van der Waals surface area contributed by atoms with Crippen LogP contribution in [0.1, 0.15) is 28.7 Å². The van der Waals surface area contributed by atoms with Crippen LogP contribution in [0.4, 0.5) is 18.9 Å². The number of benzene rings is 1. The van der Waals surface area contributed by atoms with E-state index in [9.17, 15) is 22.9 Å².